The highest BCUT2D eigenvalue weighted by molar-refractivity contribution is 7.13. The number of pyridine rings is 1. The van der Waals surface area contributed by atoms with Crippen LogP contribution in [0.3, 0.4) is 0 Å². The molecule has 0 saturated heterocycles. The van der Waals surface area contributed by atoms with Crippen LogP contribution in [-0.2, 0) is 0 Å². The van der Waals surface area contributed by atoms with E-state index in [0.717, 1.165) is 21.7 Å². The van der Waals surface area contributed by atoms with E-state index in [1.165, 1.54) is 5.56 Å². The van der Waals surface area contributed by atoms with Gasteiger partial charge in [0.2, 0.25) is 5.95 Å². The number of aromatic nitrogens is 3. The van der Waals surface area contributed by atoms with Gasteiger partial charge in [-0.1, -0.05) is 23.8 Å². The van der Waals surface area contributed by atoms with Gasteiger partial charge in [-0.05, 0) is 43.0 Å². The number of nitrogens with zero attached hydrogens (tertiary/aromatic N) is 2. The fourth-order valence-corrected chi connectivity index (χ4v) is 3.60. The zero-order chi connectivity index (χ0) is 17.4. The van der Waals surface area contributed by atoms with Crippen molar-refractivity contribution < 1.29 is 0 Å². The van der Waals surface area contributed by atoms with Crippen molar-refractivity contribution in [1.82, 2.24) is 15.0 Å². The summed E-state index contributed by atoms with van der Waals surface area (Å²) in [5.74, 6) is 0.389. The predicted octanol–water partition coefficient (Wildman–Crippen LogP) is 4.41. The minimum Gasteiger partial charge on any atom is -0.325 e. The SMILES string of the molecule is Cc1ccc(Nc2nc3nccc(-c4cccs4)c3c(=O)[nH]2)c(C)c1. The number of rotatable bonds is 3. The highest BCUT2D eigenvalue weighted by Crippen LogP contribution is 2.28. The molecule has 3 aromatic heterocycles. The molecule has 0 atom stereocenters. The van der Waals surface area contributed by atoms with Crippen LogP contribution >= 0.6 is 11.3 Å². The highest BCUT2D eigenvalue weighted by Gasteiger charge is 2.12. The van der Waals surface area contributed by atoms with Crippen molar-refractivity contribution in [2.75, 3.05) is 5.32 Å². The van der Waals surface area contributed by atoms with Crippen molar-refractivity contribution in [3.05, 3.63) is 69.5 Å². The van der Waals surface area contributed by atoms with E-state index in [0.29, 0.717) is 17.0 Å². The largest absolute Gasteiger partial charge is 0.325 e. The lowest BCUT2D eigenvalue weighted by Crippen LogP contribution is -2.13. The standard InChI is InChI=1S/C19H16N4OS/c1-11-5-6-14(12(2)10-11)21-19-22-17-16(18(24)23-19)13(7-8-20-17)15-4-3-9-25-15/h3-10H,1-2H3,(H2,20,21,22,23,24). The molecule has 3 heterocycles. The summed E-state index contributed by atoms with van der Waals surface area (Å²) in [6.45, 7) is 4.06. The molecule has 0 bridgehead atoms. The van der Waals surface area contributed by atoms with E-state index in [1.54, 1.807) is 17.5 Å². The first-order valence-corrected chi connectivity index (χ1v) is 8.77. The van der Waals surface area contributed by atoms with Crippen molar-refractivity contribution in [2.24, 2.45) is 0 Å². The molecule has 0 fully saturated rings. The van der Waals surface area contributed by atoms with E-state index in [2.05, 4.69) is 26.3 Å². The van der Waals surface area contributed by atoms with Crippen molar-refractivity contribution in [3.8, 4) is 10.4 Å². The maximum Gasteiger partial charge on any atom is 0.262 e. The summed E-state index contributed by atoms with van der Waals surface area (Å²) in [6, 6.07) is 11.9. The van der Waals surface area contributed by atoms with Gasteiger partial charge in [0.05, 0.1) is 5.39 Å². The third kappa shape index (κ3) is 2.92. The number of hydrogen-bond donors (Lipinski definition) is 2. The summed E-state index contributed by atoms with van der Waals surface area (Å²) < 4.78 is 0. The molecule has 4 aromatic rings. The maximum absolute atomic E-state index is 12.7. The monoisotopic (exact) mass is 348 g/mol. The van der Waals surface area contributed by atoms with Gasteiger partial charge >= 0.3 is 0 Å². The molecule has 2 N–H and O–H groups in total. The van der Waals surface area contributed by atoms with Gasteiger partial charge in [-0.15, -0.1) is 11.3 Å². The molecule has 0 spiro atoms. The maximum atomic E-state index is 12.7. The van der Waals surface area contributed by atoms with E-state index in [1.807, 2.05) is 49.6 Å². The van der Waals surface area contributed by atoms with Gasteiger partial charge in [0.1, 0.15) is 0 Å². The number of benzene rings is 1. The third-order valence-electron chi connectivity index (χ3n) is 4.03. The lowest BCUT2D eigenvalue weighted by atomic mass is 10.1. The van der Waals surface area contributed by atoms with Gasteiger partial charge in [-0.2, -0.15) is 4.98 Å². The Balaban J connectivity index is 1.82. The number of thiophene rings is 1. The van der Waals surface area contributed by atoms with Gasteiger partial charge in [0, 0.05) is 22.3 Å². The van der Waals surface area contributed by atoms with E-state index in [-0.39, 0.29) is 5.56 Å². The molecule has 0 saturated carbocycles. The second-order valence-electron chi connectivity index (χ2n) is 5.89. The smallest absolute Gasteiger partial charge is 0.262 e. The van der Waals surface area contributed by atoms with Gasteiger partial charge < -0.3 is 5.32 Å². The average molecular weight is 348 g/mol. The van der Waals surface area contributed by atoms with Crippen molar-refractivity contribution in [3.63, 3.8) is 0 Å². The minimum absolute atomic E-state index is 0.200. The van der Waals surface area contributed by atoms with Crippen molar-refractivity contribution in [2.45, 2.75) is 13.8 Å². The van der Waals surface area contributed by atoms with E-state index >= 15 is 0 Å². The summed E-state index contributed by atoms with van der Waals surface area (Å²) >= 11 is 1.59. The van der Waals surface area contributed by atoms with Crippen LogP contribution in [0, 0.1) is 13.8 Å². The van der Waals surface area contributed by atoms with Crippen LogP contribution in [0.1, 0.15) is 11.1 Å². The quantitative estimate of drug-likeness (QED) is 0.575. The molecule has 4 rings (SSSR count). The molecule has 0 aliphatic rings. The highest BCUT2D eigenvalue weighted by atomic mass is 32.1. The first-order valence-electron chi connectivity index (χ1n) is 7.89. The Morgan fingerprint density at radius 1 is 1.16 bits per heavy atom. The first kappa shape index (κ1) is 15.5. The fraction of sp³-hybridized carbons (Fsp3) is 0.105. The van der Waals surface area contributed by atoms with E-state index < -0.39 is 0 Å². The van der Waals surface area contributed by atoms with Crippen LogP contribution in [-0.4, -0.2) is 15.0 Å². The molecule has 1 aromatic carbocycles. The van der Waals surface area contributed by atoms with Crippen LogP contribution in [0.4, 0.5) is 11.6 Å². The topological polar surface area (TPSA) is 70.7 Å². The molecule has 0 aliphatic carbocycles. The predicted molar refractivity (Wildman–Crippen MR) is 103 cm³/mol. The van der Waals surface area contributed by atoms with Gasteiger partial charge in [0.15, 0.2) is 5.65 Å². The summed E-state index contributed by atoms with van der Waals surface area (Å²) in [5.41, 5.74) is 4.26. The molecule has 0 radical (unpaired) electrons. The molecule has 25 heavy (non-hydrogen) atoms. The van der Waals surface area contributed by atoms with E-state index in [4.69, 9.17) is 0 Å². The zero-order valence-corrected chi connectivity index (χ0v) is 14.6. The number of nitrogens with one attached hydrogen (secondary N) is 2. The lowest BCUT2D eigenvalue weighted by Gasteiger charge is -2.10. The Kier molecular flexibility index (Phi) is 3.82. The third-order valence-corrected chi connectivity index (χ3v) is 4.93. The summed E-state index contributed by atoms with van der Waals surface area (Å²) in [4.78, 5) is 25.3. The number of aryl methyl sites for hydroxylation is 2. The Hall–Kier alpha value is -2.99. The molecule has 124 valence electrons. The second-order valence-corrected chi connectivity index (χ2v) is 6.84. The van der Waals surface area contributed by atoms with Crippen molar-refractivity contribution >= 4 is 34.0 Å². The molecular weight excluding hydrogens is 332 g/mol. The van der Waals surface area contributed by atoms with E-state index in [9.17, 15) is 4.79 Å². The number of anilines is 2. The molecule has 5 nitrogen and oxygen atoms in total. The van der Waals surface area contributed by atoms with Crippen molar-refractivity contribution in [1.29, 1.82) is 0 Å². The first-order chi connectivity index (χ1) is 12.1. The second kappa shape index (κ2) is 6.14. The molecule has 0 unspecified atom stereocenters. The lowest BCUT2D eigenvalue weighted by molar-refractivity contribution is 1.14. The number of hydrogen-bond acceptors (Lipinski definition) is 5. The van der Waals surface area contributed by atoms with Crippen LogP contribution in [0.2, 0.25) is 0 Å². The Morgan fingerprint density at radius 3 is 2.80 bits per heavy atom. The van der Waals surface area contributed by atoms with Crippen LogP contribution in [0.5, 0.6) is 0 Å². The Morgan fingerprint density at radius 2 is 2.04 bits per heavy atom. The van der Waals surface area contributed by atoms with Crippen LogP contribution in [0.25, 0.3) is 21.5 Å². The van der Waals surface area contributed by atoms with Gasteiger partial charge in [-0.3, -0.25) is 9.78 Å². The summed E-state index contributed by atoms with van der Waals surface area (Å²) in [6.07, 6.45) is 1.69. The Bertz CT molecular complexity index is 1120. The summed E-state index contributed by atoms with van der Waals surface area (Å²) in [7, 11) is 0. The average Bonchev–Trinajstić information content (AvgIpc) is 3.11. The van der Waals surface area contributed by atoms with Crippen LogP contribution < -0.4 is 10.9 Å². The molecule has 0 aliphatic heterocycles. The number of aromatic amines is 1. The molecule has 6 heteroatoms. The fourth-order valence-electron chi connectivity index (χ4n) is 2.84. The number of fused-ring (bicyclic) bond motifs is 1. The molecule has 0 amide bonds. The van der Waals surface area contributed by atoms with Crippen LogP contribution in [0.15, 0.2) is 52.8 Å². The van der Waals surface area contributed by atoms with Gasteiger partial charge in [-0.25, -0.2) is 4.98 Å². The van der Waals surface area contributed by atoms with Gasteiger partial charge in [0.25, 0.3) is 5.56 Å². The normalized spacial score (nSPS) is 11.0. The Labute approximate surface area is 148 Å². The number of H-pyrrole nitrogens is 1. The molecular formula is C19H16N4OS. The summed E-state index contributed by atoms with van der Waals surface area (Å²) in [5, 5.41) is 5.68. The minimum atomic E-state index is -0.200. The zero-order valence-electron chi connectivity index (χ0n) is 13.8.